The number of hydrogen-bond donors (Lipinski definition) is 1. The molecule has 12 heavy (non-hydrogen) atoms. The Hall–Kier alpha value is -0.730. The van der Waals surface area contributed by atoms with Crippen LogP contribution in [0.1, 0.15) is 34.1 Å². The molecule has 1 N–H and O–H groups in total. The predicted molar refractivity (Wildman–Crippen MR) is 46.9 cm³/mol. The van der Waals surface area contributed by atoms with E-state index in [4.69, 9.17) is 4.74 Å². The molecular weight excluding hydrogens is 154 g/mol. The second-order valence-electron chi connectivity index (χ2n) is 4.47. The molecule has 1 rings (SSSR count). The molecule has 0 radical (unpaired) electrons. The standard InChI is InChI=1S/C9H17NO2/c1-6-5-7(6)10-8(11)12-9(2,3)4/h6-7H,5H2,1-4H3,(H,10,11)/t6-,7?/m0/s1. The second kappa shape index (κ2) is 2.96. The SMILES string of the molecule is C[C@H]1CC1NC(=O)OC(C)(C)C. The maximum absolute atomic E-state index is 11.1. The van der Waals surface area contributed by atoms with Gasteiger partial charge in [-0.1, -0.05) is 6.92 Å². The molecule has 1 aliphatic rings. The smallest absolute Gasteiger partial charge is 0.407 e. The average Bonchev–Trinajstić information content (AvgIpc) is 2.40. The molecule has 0 bridgehead atoms. The number of hydrogen-bond acceptors (Lipinski definition) is 2. The second-order valence-corrected chi connectivity index (χ2v) is 4.47. The normalized spacial score (nSPS) is 28.0. The Morgan fingerprint density at radius 1 is 1.50 bits per heavy atom. The van der Waals surface area contributed by atoms with Gasteiger partial charge in [0.25, 0.3) is 0 Å². The van der Waals surface area contributed by atoms with Gasteiger partial charge in [0.05, 0.1) is 0 Å². The molecule has 3 nitrogen and oxygen atoms in total. The fourth-order valence-electron chi connectivity index (χ4n) is 0.982. The molecule has 1 unspecified atom stereocenters. The Bertz CT molecular complexity index is 183. The van der Waals surface area contributed by atoms with Crippen LogP contribution < -0.4 is 5.32 Å². The molecule has 0 aromatic heterocycles. The van der Waals surface area contributed by atoms with Crippen LogP contribution in [-0.4, -0.2) is 17.7 Å². The number of amides is 1. The van der Waals surface area contributed by atoms with Crippen molar-refractivity contribution in [1.29, 1.82) is 0 Å². The monoisotopic (exact) mass is 171 g/mol. The summed E-state index contributed by atoms with van der Waals surface area (Å²) >= 11 is 0. The number of rotatable bonds is 1. The van der Waals surface area contributed by atoms with Gasteiger partial charge in [0.2, 0.25) is 0 Å². The molecule has 0 heterocycles. The zero-order valence-electron chi connectivity index (χ0n) is 8.18. The zero-order chi connectivity index (χ0) is 9.35. The molecule has 2 atom stereocenters. The summed E-state index contributed by atoms with van der Waals surface area (Å²) in [5, 5.41) is 2.80. The average molecular weight is 171 g/mol. The number of nitrogens with one attached hydrogen (secondary N) is 1. The van der Waals surface area contributed by atoms with Crippen LogP contribution in [0.2, 0.25) is 0 Å². The Balaban J connectivity index is 2.21. The van der Waals surface area contributed by atoms with Crippen LogP contribution >= 0.6 is 0 Å². The fraction of sp³-hybridized carbons (Fsp3) is 0.889. The van der Waals surface area contributed by atoms with Crippen LogP contribution in [0.5, 0.6) is 0 Å². The van der Waals surface area contributed by atoms with E-state index in [0.29, 0.717) is 12.0 Å². The van der Waals surface area contributed by atoms with Crippen molar-refractivity contribution in [1.82, 2.24) is 5.32 Å². The first-order chi connectivity index (χ1) is 5.38. The quantitative estimate of drug-likeness (QED) is 0.654. The lowest BCUT2D eigenvalue weighted by molar-refractivity contribution is 0.0521. The van der Waals surface area contributed by atoms with Crippen LogP contribution in [0.4, 0.5) is 4.79 Å². The maximum Gasteiger partial charge on any atom is 0.407 e. The van der Waals surface area contributed by atoms with Gasteiger partial charge in [-0.2, -0.15) is 0 Å². The lowest BCUT2D eigenvalue weighted by Gasteiger charge is -2.19. The first kappa shape index (κ1) is 9.36. The Kier molecular flexibility index (Phi) is 2.31. The summed E-state index contributed by atoms with van der Waals surface area (Å²) in [5.74, 6) is 0.623. The maximum atomic E-state index is 11.1. The van der Waals surface area contributed by atoms with E-state index in [0.717, 1.165) is 6.42 Å². The summed E-state index contributed by atoms with van der Waals surface area (Å²) < 4.78 is 5.09. The first-order valence-corrected chi connectivity index (χ1v) is 4.38. The van der Waals surface area contributed by atoms with Gasteiger partial charge in [0, 0.05) is 6.04 Å². The number of ether oxygens (including phenoxy) is 1. The highest BCUT2D eigenvalue weighted by molar-refractivity contribution is 5.68. The van der Waals surface area contributed by atoms with Crippen molar-refractivity contribution in [3.05, 3.63) is 0 Å². The molecule has 1 saturated carbocycles. The number of alkyl carbamates (subject to hydrolysis) is 1. The predicted octanol–water partition coefficient (Wildman–Crippen LogP) is 1.92. The molecule has 0 aromatic carbocycles. The van der Waals surface area contributed by atoms with Crippen molar-refractivity contribution in [3.63, 3.8) is 0 Å². The number of carbonyl (C=O) groups is 1. The summed E-state index contributed by atoms with van der Waals surface area (Å²) in [5.41, 5.74) is -0.387. The third-order valence-corrected chi connectivity index (χ3v) is 1.81. The largest absolute Gasteiger partial charge is 0.444 e. The van der Waals surface area contributed by atoms with Crippen molar-refractivity contribution >= 4 is 6.09 Å². The molecule has 0 saturated heterocycles. The van der Waals surface area contributed by atoms with Gasteiger partial charge in [0.1, 0.15) is 5.60 Å². The lowest BCUT2D eigenvalue weighted by atomic mass is 10.2. The third-order valence-electron chi connectivity index (χ3n) is 1.81. The summed E-state index contributed by atoms with van der Waals surface area (Å²) in [7, 11) is 0. The van der Waals surface area contributed by atoms with Crippen molar-refractivity contribution < 1.29 is 9.53 Å². The van der Waals surface area contributed by atoms with Gasteiger partial charge < -0.3 is 10.1 Å². The van der Waals surface area contributed by atoms with Gasteiger partial charge in [-0.05, 0) is 33.1 Å². The van der Waals surface area contributed by atoms with Gasteiger partial charge >= 0.3 is 6.09 Å². The fourth-order valence-corrected chi connectivity index (χ4v) is 0.982. The molecule has 1 fully saturated rings. The van der Waals surface area contributed by atoms with Gasteiger partial charge in [-0.3, -0.25) is 0 Å². The highest BCUT2D eigenvalue weighted by Crippen LogP contribution is 2.29. The van der Waals surface area contributed by atoms with Crippen LogP contribution in [-0.2, 0) is 4.74 Å². The summed E-state index contributed by atoms with van der Waals surface area (Å²) in [6.07, 6.45) is 0.788. The summed E-state index contributed by atoms with van der Waals surface area (Å²) in [6.45, 7) is 7.71. The molecule has 1 amide bonds. The van der Waals surface area contributed by atoms with Crippen molar-refractivity contribution in [2.24, 2.45) is 5.92 Å². The summed E-state index contributed by atoms with van der Waals surface area (Å²) in [4.78, 5) is 11.1. The van der Waals surface area contributed by atoms with E-state index in [1.165, 1.54) is 0 Å². The van der Waals surface area contributed by atoms with Crippen molar-refractivity contribution in [2.45, 2.75) is 45.8 Å². The van der Waals surface area contributed by atoms with E-state index >= 15 is 0 Å². The van der Waals surface area contributed by atoms with Crippen LogP contribution in [0, 0.1) is 5.92 Å². The molecule has 0 aromatic rings. The van der Waals surface area contributed by atoms with E-state index < -0.39 is 0 Å². The van der Waals surface area contributed by atoms with Gasteiger partial charge in [-0.15, -0.1) is 0 Å². The van der Waals surface area contributed by atoms with Gasteiger partial charge in [-0.25, -0.2) is 4.79 Å². The molecule has 1 aliphatic carbocycles. The van der Waals surface area contributed by atoms with E-state index in [1.807, 2.05) is 20.8 Å². The van der Waals surface area contributed by atoms with E-state index in [1.54, 1.807) is 0 Å². The van der Waals surface area contributed by atoms with E-state index in [-0.39, 0.29) is 11.7 Å². The molecular formula is C9H17NO2. The third kappa shape index (κ3) is 3.11. The van der Waals surface area contributed by atoms with E-state index in [9.17, 15) is 4.79 Å². The summed E-state index contributed by atoms with van der Waals surface area (Å²) in [6, 6.07) is 0.347. The lowest BCUT2D eigenvalue weighted by Crippen LogP contribution is -2.34. The minimum atomic E-state index is -0.387. The van der Waals surface area contributed by atoms with Gasteiger partial charge in [0.15, 0.2) is 0 Å². The first-order valence-electron chi connectivity index (χ1n) is 4.38. The van der Waals surface area contributed by atoms with Crippen molar-refractivity contribution in [2.75, 3.05) is 0 Å². The highest BCUT2D eigenvalue weighted by Gasteiger charge is 2.34. The Morgan fingerprint density at radius 3 is 2.33 bits per heavy atom. The Morgan fingerprint density at radius 2 is 2.00 bits per heavy atom. The molecule has 3 heteroatoms. The minimum Gasteiger partial charge on any atom is -0.444 e. The van der Waals surface area contributed by atoms with Crippen molar-refractivity contribution in [3.8, 4) is 0 Å². The van der Waals surface area contributed by atoms with E-state index in [2.05, 4.69) is 12.2 Å². The zero-order valence-corrected chi connectivity index (χ0v) is 8.18. The minimum absolute atomic E-state index is 0.295. The number of carbonyl (C=O) groups excluding carboxylic acids is 1. The Labute approximate surface area is 73.5 Å². The molecule has 70 valence electrons. The molecule has 0 spiro atoms. The molecule has 0 aliphatic heterocycles. The highest BCUT2D eigenvalue weighted by atomic mass is 16.6. The van der Waals surface area contributed by atoms with Crippen LogP contribution in [0.25, 0.3) is 0 Å². The van der Waals surface area contributed by atoms with Crippen LogP contribution in [0.3, 0.4) is 0 Å². The topological polar surface area (TPSA) is 38.3 Å². The van der Waals surface area contributed by atoms with Crippen LogP contribution in [0.15, 0.2) is 0 Å².